The zero-order chi connectivity index (χ0) is 13.5. The Kier molecular flexibility index (Phi) is 6.04. The van der Waals surface area contributed by atoms with Crippen LogP contribution in [0, 0.1) is 6.92 Å². The first-order chi connectivity index (χ1) is 8.58. The molecule has 100 valence electrons. The predicted molar refractivity (Wildman–Crippen MR) is 78.2 cm³/mol. The van der Waals surface area contributed by atoms with Crippen LogP contribution in [0.1, 0.15) is 11.1 Å². The summed E-state index contributed by atoms with van der Waals surface area (Å²) in [7, 11) is 3.31. The van der Waals surface area contributed by atoms with Gasteiger partial charge >= 0.3 is 0 Å². The molecule has 3 N–H and O–H groups in total. The number of ether oxygens (including phenoxy) is 2. The van der Waals surface area contributed by atoms with Gasteiger partial charge in [0.15, 0.2) is 0 Å². The van der Waals surface area contributed by atoms with Crippen LogP contribution < -0.4 is 11.1 Å². The molecule has 1 aromatic carbocycles. The Morgan fingerprint density at radius 1 is 1.44 bits per heavy atom. The zero-order valence-corrected chi connectivity index (χ0v) is 11.8. The highest BCUT2D eigenvalue weighted by Gasteiger charge is 2.09. The van der Waals surface area contributed by atoms with Gasteiger partial charge in [0.25, 0.3) is 0 Å². The van der Waals surface area contributed by atoms with E-state index in [1.807, 2.05) is 25.1 Å². The van der Waals surface area contributed by atoms with E-state index in [4.69, 9.17) is 27.4 Å². The molecule has 0 bridgehead atoms. The lowest BCUT2D eigenvalue weighted by Crippen LogP contribution is -2.27. The number of hydrogen-bond acceptors (Lipinski definition) is 4. The lowest BCUT2D eigenvalue weighted by molar-refractivity contribution is 0.0365. The van der Waals surface area contributed by atoms with Crippen LogP contribution in [-0.2, 0) is 9.47 Å². The molecule has 0 heterocycles. The second kappa shape index (κ2) is 7.31. The number of nitrogens with one attached hydrogen (secondary N) is 1. The molecule has 0 saturated carbocycles. The van der Waals surface area contributed by atoms with Crippen LogP contribution >= 0.6 is 12.2 Å². The van der Waals surface area contributed by atoms with Crippen molar-refractivity contribution >= 4 is 22.9 Å². The third-order valence-electron chi connectivity index (χ3n) is 2.65. The van der Waals surface area contributed by atoms with Gasteiger partial charge in [0.1, 0.15) is 4.99 Å². The largest absolute Gasteiger partial charge is 0.389 e. The first-order valence-electron chi connectivity index (χ1n) is 5.74. The van der Waals surface area contributed by atoms with E-state index in [1.165, 1.54) is 0 Å². The third-order valence-corrected chi connectivity index (χ3v) is 2.87. The van der Waals surface area contributed by atoms with Crippen LogP contribution in [0.3, 0.4) is 0 Å². The van der Waals surface area contributed by atoms with Gasteiger partial charge in [-0.05, 0) is 19.1 Å². The minimum absolute atomic E-state index is 0.00417. The monoisotopic (exact) mass is 268 g/mol. The van der Waals surface area contributed by atoms with E-state index < -0.39 is 0 Å². The number of anilines is 1. The molecule has 0 aliphatic carbocycles. The van der Waals surface area contributed by atoms with Crippen LogP contribution in [0.4, 0.5) is 5.69 Å². The number of aryl methyl sites for hydroxylation is 1. The summed E-state index contributed by atoms with van der Waals surface area (Å²) in [6.45, 7) is 3.19. The number of methoxy groups -OCH3 is 2. The van der Waals surface area contributed by atoms with Gasteiger partial charge in [-0.2, -0.15) is 0 Å². The summed E-state index contributed by atoms with van der Waals surface area (Å²) in [6, 6.07) is 5.97. The molecular formula is C13H20N2O2S. The minimum Gasteiger partial charge on any atom is -0.389 e. The fraction of sp³-hybridized carbons (Fsp3) is 0.462. The van der Waals surface area contributed by atoms with E-state index >= 15 is 0 Å². The van der Waals surface area contributed by atoms with Gasteiger partial charge in [-0.15, -0.1) is 0 Å². The van der Waals surface area contributed by atoms with Crippen molar-refractivity contribution in [3.05, 3.63) is 29.3 Å². The van der Waals surface area contributed by atoms with Crippen molar-refractivity contribution < 1.29 is 9.47 Å². The zero-order valence-electron chi connectivity index (χ0n) is 11.0. The van der Waals surface area contributed by atoms with E-state index in [2.05, 4.69) is 5.32 Å². The minimum atomic E-state index is -0.00417. The summed E-state index contributed by atoms with van der Waals surface area (Å²) >= 11 is 5.05. The second-order valence-corrected chi connectivity index (χ2v) is 4.55. The van der Waals surface area contributed by atoms with Gasteiger partial charge in [0.05, 0.1) is 12.7 Å². The molecule has 0 aromatic heterocycles. The van der Waals surface area contributed by atoms with Gasteiger partial charge < -0.3 is 20.5 Å². The van der Waals surface area contributed by atoms with Crippen molar-refractivity contribution in [1.29, 1.82) is 0 Å². The molecule has 18 heavy (non-hydrogen) atoms. The maximum absolute atomic E-state index is 5.72. The van der Waals surface area contributed by atoms with Gasteiger partial charge in [0, 0.05) is 32.0 Å². The van der Waals surface area contributed by atoms with Crippen LogP contribution in [-0.4, -0.2) is 38.5 Å². The van der Waals surface area contributed by atoms with Crippen molar-refractivity contribution in [3.8, 4) is 0 Å². The fourth-order valence-corrected chi connectivity index (χ4v) is 1.80. The number of benzene rings is 1. The highest BCUT2D eigenvalue weighted by molar-refractivity contribution is 7.80. The molecule has 4 nitrogen and oxygen atoms in total. The topological polar surface area (TPSA) is 56.5 Å². The van der Waals surface area contributed by atoms with Crippen LogP contribution in [0.2, 0.25) is 0 Å². The molecule has 0 fully saturated rings. The van der Waals surface area contributed by atoms with Crippen molar-refractivity contribution in [2.75, 3.05) is 32.7 Å². The fourth-order valence-electron chi connectivity index (χ4n) is 1.64. The van der Waals surface area contributed by atoms with E-state index in [9.17, 15) is 0 Å². The molecule has 1 rings (SSSR count). The average molecular weight is 268 g/mol. The van der Waals surface area contributed by atoms with E-state index in [1.54, 1.807) is 14.2 Å². The molecule has 1 unspecified atom stereocenters. The van der Waals surface area contributed by atoms with Crippen molar-refractivity contribution in [2.45, 2.75) is 13.0 Å². The molecule has 1 atom stereocenters. The highest BCUT2D eigenvalue weighted by Crippen LogP contribution is 2.17. The standard InChI is InChI=1S/C13H20N2O2S/c1-9-4-5-12(11(6-9)13(14)18)15-7-10(17-3)8-16-2/h4-6,10,15H,7-8H2,1-3H3,(H2,14,18). The number of nitrogens with two attached hydrogens (primary N) is 1. The maximum atomic E-state index is 5.72. The first-order valence-corrected chi connectivity index (χ1v) is 6.15. The molecule has 0 spiro atoms. The molecule has 0 amide bonds. The molecule has 0 aliphatic heterocycles. The molecular weight excluding hydrogens is 248 g/mol. The summed E-state index contributed by atoms with van der Waals surface area (Å²) in [5.74, 6) is 0. The highest BCUT2D eigenvalue weighted by atomic mass is 32.1. The van der Waals surface area contributed by atoms with Crippen molar-refractivity contribution in [1.82, 2.24) is 0 Å². The summed E-state index contributed by atoms with van der Waals surface area (Å²) in [5.41, 5.74) is 8.63. The van der Waals surface area contributed by atoms with Gasteiger partial charge in [-0.25, -0.2) is 0 Å². The first kappa shape index (κ1) is 14.9. The second-order valence-electron chi connectivity index (χ2n) is 4.11. The van der Waals surface area contributed by atoms with E-state index in [0.717, 1.165) is 16.8 Å². The maximum Gasteiger partial charge on any atom is 0.106 e. The lowest BCUT2D eigenvalue weighted by atomic mass is 10.1. The molecule has 0 saturated heterocycles. The van der Waals surface area contributed by atoms with E-state index in [0.29, 0.717) is 18.1 Å². The summed E-state index contributed by atoms with van der Waals surface area (Å²) in [5, 5.41) is 3.29. The van der Waals surface area contributed by atoms with Gasteiger partial charge in [-0.1, -0.05) is 23.8 Å². The summed E-state index contributed by atoms with van der Waals surface area (Å²) in [4.78, 5) is 0.391. The third kappa shape index (κ3) is 4.25. The predicted octanol–water partition coefficient (Wildman–Crippen LogP) is 1.70. The van der Waals surface area contributed by atoms with Gasteiger partial charge in [0.2, 0.25) is 0 Å². The van der Waals surface area contributed by atoms with Crippen LogP contribution in [0.15, 0.2) is 18.2 Å². The van der Waals surface area contributed by atoms with Crippen molar-refractivity contribution in [3.63, 3.8) is 0 Å². The van der Waals surface area contributed by atoms with Crippen LogP contribution in [0.25, 0.3) is 0 Å². The molecule has 0 radical (unpaired) electrons. The molecule has 5 heteroatoms. The Morgan fingerprint density at radius 3 is 2.72 bits per heavy atom. The Bertz CT molecular complexity index is 410. The number of rotatable bonds is 7. The molecule has 1 aromatic rings. The van der Waals surface area contributed by atoms with E-state index in [-0.39, 0.29) is 6.10 Å². The quantitative estimate of drug-likeness (QED) is 0.737. The summed E-state index contributed by atoms with van der Waals surface area (Å²) < 4.78 is 10.3. The molecule has 0 aliphatic rings. The number of hydrogen-bond donors (Lipinski definition) is 2. The van der Waals surface area contributed by atoms with Gasteiger partial charge in [-0.3, -0.25) is 0 Å². The Labute approximate surface area is 113 Å². The summed E-state index contributed by atoms with van der Waals surface area (Å²) in [6.07, 6.45) is -0.00417. The van der Waals surface area contributed by atoms with Crippen LogP contribution in [0.5, 0.6) is 0 Å². The Balaban J connectivity index is 2.74. The Morgan fingerprint density at radius 2 is 2.17 bits per heavy atom. The number of thiocarbonyl (C=S) groups is 1. The lowest BCUT2D eigenvalue weighted by Gasteiger charge is -2.17. The Hall–Kier alpha value is -1.17. The van der Waals surface area contributed by atoms with Crippen molar-refractivity contribution in [2.24, 2.45) is 5.73 Å². The average Bonchev–Trinajstić information content (AvgIpc) is 2.35. The normalized spacial score (nSPS) is 12.2. The smallest absolute Gasteiger partial charge is 0.106 e. The SMILES string of the molecule is COCC(CNc1ccc(C)cc1C(N)=S)OC.